The van der Waals surface area contributed by atoms with Gasteiger partial charge < -0.3 is 10.5 Å². The molecule has 2 saturated carbocycles. The van der Waals surface area contributed by atoms with E-state index in [0.29, 0.717) is 24.3 Å². The molecule has 2 N–H and O–H groups in total. The zero-order valence-electron chi connectivity index (χ0n) is 12.9. The van der Waals surface area contributed by atoms with Crippen molar-refractivity contribution >= 4 is 28.4 Å². The van der Waals surface area contributed by atoms with Gasteiger partial charge in [-0.05, 0) is 67.5 Å². The van der Waals surface area contributed by atoms with E-state index in [2.05, 4.69) is 41.4 Å². The van der Waals surface area contributed by atoms with Gasteiger partial charge in [-0.15, -0.1) is 0 Å². The summed E-state index contributed by atoms with van der Waals surface area (Å²) in [5.41, 5.74) is 6.99. The molecule has 2 aliphatic rings. The normalized spacial score (nSPS) is 29.6. The molecule has 21 heavy (non-hydrogen) atoms. The minimum absolute atomic E-state index is 0.325. The number of nitrogens with two attached hydrogens (primary N) is 1. The quantitative estimate of drug-likeness (QED) is 0.776. The molecule has 2 atom stereocenters. The van der Waals surface area contributed by atoms with E-state index >= 15 is 0 Å². The van der Waals surface area contributed by atoms with Crippen LogP contribution in [0.3, 0.4) is 0 Å². The van der Waals surface area contributed by atoms with Crippen molar-refractivity contribution in [2.45, 2.75) is 63.9 Å². The summed E-state index contributed by atoms with van der Waals surface area (Å²) in [6, 6.07) is 0. The molecule has 0 aliphatic heterocycles. The Bertz CT molecular complexity index is 528. The summed E-state index contributed by atoms with van der Waals surface area (Å²) in [6.07, 6.45) is 6.91. The smallest absolute Gasteiger partial charge is 0.162 e. The van der Waals surface area contributed by atoms with Gasteiger partial charge in [0.1, 0.15) is 11.4 Å². The maximum atomic E-state index is 6.19. The van der Waals surface area contributed by atoms with Crippen LogP contribution in [0.25, 0.3) is 0 Å². The third-order valence-electron chi connectivity index (χ3n) is 4.65. The Morgan fingerprint density at radius 3 is 2.71 bits per heavy atom. The molecule has 0 bridgehead atoms. The molecule has 2 fully saturated rings. The number of hydrogen-bond donors (Lipinski definition) is 1. The predicted molar refractivity (Wildman–Crippen MR) is 92.1 cm³/mol. The fraction of sp³-hybridized carbons (Fsp3) is 0.750. The van der Waals surface area contributed by atoms with E-state index in [4.69, 9.17) is 15.5 Å². The van der Waals surface area contributed by atoms with E-state index in [1.165, 1.54) is 25.7 Å². The number of rotatable bonds is 4. The largest absolute Gasteiger partial charge is 0.383 e. The molecule has 5 heteroatoms. The van der Waals surface area contributed by atoms with Gasteiger partial charge >= 0.3 is 0 Å². The van der Waals surface area contributed by atoms with Crippen LogP contribution < -0.4 is 5.73 Å². The molecule has 116 valence electrons. The van der Waals surface area contributed by atoms with Gasteiger partial charge in [0, 0.05) is 12.5 Å². The first-order chi connectivity index (χ1) is 10.1. The van der Waals surface area contributed by atoms with E-state index in [9.17, 15) is 0 Å². The van der Waals surface area contributed by atoms with Crippen LogP contribution in [0.2, 0.25) is 0 Å². The maximum absolute atomic E-state index is 6.19. The summed E-state index contributed by atoms with van der Waals surface area (Å²) < 4.78 is 7.23. The average Bonchev–Trinajstić information content (AvgIpc) is 3.26. The van der Waals surface area contributed by atoms with Gasteiger partial charge in [-0.3, -0.25) is 0 Å². The second-order valence-corrected chi connectivity index (χ2v) is 7.61. The lowest BCUT2D eigenvalue weighted by atomic mass is 9.78. The van der Waals surface area contributed by atoms with Gasteiger partial charge in [0.15, 0.2) is 5.82 Å². The molecule has 2 unspecified atom stereocenters. The standard InChI is InChI=1S/C16H24IN3O/c1-3-21-16(8-4-5-10(2)9-16)15-19-13(11-6-7-11)12(17)14(18)20-15/h10-11H,3-9H2,1-2H3,(H2,18,19,20). The van der Waals surface area contributed by atoms with Gasteiger partial charge in [-0.2, -0.15) is 0 Å². The fourth-order valence-electron chi connectivity index (χ4n) is 3.49. The van der Waals surface area contributed by atoms with Crippen molar-refractivity contribution in [1.29, 1.82) is 0 Å². The Morgan fingerprint density at radius 1 is 1.33 bits per heavy atom. The highest BCUT2D eigenvalue weighted by Crippen LogP contribution is 2.45. The van der Waals surface area contributed by atoms with Crippen molar-refractivity contribution in [3.8, 4) is 0 Å². The number of halogens is 1. The lowest BCUT2D eigenvalue weighted by Gasteiger charge is -2.38. The number of nitrogens with zero attached hydrogens (tertiary/aromatic N) is 2. The lowest BCUT2D eigenvalue weighted by Crippen LogP contribution is -2.37. The van der Waals surface area contributed by atoms with Crippen LogP contribution in [-0.4, -0.2) is 16.6 Å². The predicted octanol–water partition coefficient (Wildman–Crippen LogP) is 3.98. The van der Waals surface area contributed by atoms with Crippen LogP contribution in [0.15, 0.2) is 0 Å². The Balaban J connectivity index is 2.02. The van der Waals surface area contributed by atoms with Crippen LogP contribution in [0.4, 0.5) is 5.82 Å². The SMILES string of the molecule is CCOC1(c2nc(N)c(I)c(C3CC3)n2)CCCC(C)C1. The highest BCUT2D eigenvalue weighted by molar-refractivity contribution is 14.1. The van der Waals surface area contributed by atoms with Crippen LogP contribution in [0, 0.1) is 9.49 Å². The number of nitrogen functional groups attached to an aromatic ring is 1. The van der Waals surface area contributed by atoms with Gasteiger partial charge in [0.05, 0.1) is 9.26 Å². The minimum atomic E-state index is -0.325. The molecule has 3 rings (SSSR count). The summed E-state index contributed by atoms with van der Waals surface area (Å²) in [5.74, 6) is 2.69. The van der Waals surface area contributed by atoms with Gasteiger partial charge in [0.25, 0.3) is 0 Å². The Labute approximate surface area is 140 Å². The van der Waals surface area contributed by atoms with Gasteiger partial charge in [-0.25, -0.2) is 9.97 Å². The molecule has 1 heterocycles. The van der Waals surface area contributed by atoms with Crippen molar-refractivity contribution in [1.82, 2.24) is 9.97 Å². The van der Waals surface area contributed by atoms with Crippen LogP contribution >= 0.6 is 22.6 Å². The summed E-state index contributed by atoms with van der Waals surface area (Å²) in [5, 5.41) is 0. The zero-order chi connectivity index (χ0) is 15.0. The summed E-state index contributed by atoms with van der Waals surface area (Å²) in [4.78, 5) is 9.55. The van der Waals surface area contributed by atoms with Crippen LogP contribution in [0.1, 0.15) is 69.8 Å². The average molecular weight is 401 g/mol. The number of ether oxygens (including phenoxy) is 1. The molecule has 1 aromatic rings. The molecular weight excluding hydrogens is 377 g/mol. The third-order valence-corrected chi connectivity index (χ3v) is 5.76. The first-order valence-corrected chi connectivity index (χ1v) is 9.11. The Kier molecular flexibility index (Phi) is 4.41. The monoisotopic (exact) mass is 401 g/mol. The number of aromatic nitrogens is 2. The van der Waals surface area contributed by atoms with E-state index in [1.807, 2.05) is 0 Å². The van der Waals surface area contributed by atoms with E-state index < -0.39 is 0 Å². The zero-order valence-corrected chi connectivity index (χ0v) is 15.0. The van der Waals surface area contributed by atoms with Crippen molar-refractivity contribution in [3.63, 3.8) is 0 Å². The lowest BCUT2D eigenvalue weighted by molar-refractivity contribution is -0.0881. The molecular formula is C16H24IN3O. The van der Waals surface area contributed by atoms with Gasteiger partial charge in [-0.1, -0.05) is 13.3 Å². The van der Waals surface area contributed by atoms with Crippen molar-refractivity contribution in [2.24, 2.45) is 5.92 Å². The molecule has 0 amide bonds. The molecule has 0 radical (unpaired) electrons. The molecule has 2 aliphatic carbocycles. The molecule has 4 nitrogen and oxygen atoms in total. The van der Waals surface area contributed by atoms with Gasteiger partial charge in [0.2, 0.25) is 0 Å². The van der Waals surface area contributed by atoms with Crippen molar-refractivity contribution in [2.75, 3.05) is 12.3 Å². The van der Waals surface area contributed by atoms with E-state index in [-0.39, 0.29) is 5.60 Å². The third kappa shape index (κ3) is 3.04. The van der Waals surface area contributed by atoms with Crippen molar-refractivity contribution in [3.05, 3.63) is 15.1 Å². The molecule has 0 saturated heterocycles. The number of anilines is 1. The number of hydrogen-bond acceptors (Lipinski definition) is 4. The first-order valence-electron chi connectivity index (χ1n) is 8.03. The van der Waals surface area contributed by atoms with Crippen LogP contribution in [-0.2, 0) is 10.3 Å². The summed E-state index contributed by atoms with van der Waals surface area (Å²) >= 11 is 2.29. The summed E-state index contributed by atoms with van der Waals surface area (Å²) in [7, 11) is 0. The van der Waals surface area contributed by atoms with Crippen LogP contribution in [0.5, 0.6) is 0 Å². The topological polar surface area (TPSA) is 61.0 Å². The van der Waals surface area contributed by atoms with E-state index in [0.717, 1.165) is 27.9 Å². The molecule has 1 aromatic heterocycles. The van der Waals surface area contributed by atoms with E-state index in [1.54, 1.807) is 0 Å². The first kappa shape index (κ1) is 15.5. The molecule has 0 aromatic carbocycles. The highest BCUT2D eigenvalue weighted by Gasteiger charge is 2.41. The highest BCUT2D eigenvalue weighted by atomic mass is 127. The molecule has 0 spiro atoms. The maximum Gasteiger partial charge on any atom is 0.162 e. The second kappa shape index (κ2) is 5.99. The Morgan fingerprint density at radius 2 is 2.10 bits per heavy atom. The van der Waals surface area contributed by atoms with Crippen molar-refractivity contribution < 1.29 is 4.74 Å². The minimum Gasteiger partial charge on any atom is -0.383 e. The second-order valence-electron chi connectivity index (χ2n) is 6.53. The Hall–Kier alpha value is -0.430. The summed E-state index contributed by atoms with van der Waals surface area (Å²) in [6.45, 7) is 5.05. The fourth-order valence-corrected chi connectivity index (χ4v) is 4.17.